The number of esters is 4. The van der Waals surface area contributed by atoms with E-state index < -0.39 is 97.5 Å². The number of carbonyl (C=O) groups excluding carboxylic acids is 4. The molecular formula is C67H130O17P2. The topological polar surface area (TPSA) is 237 Å². The van der Waals surface area contributed by atoms with Crippen LogP contribution >= 0.6 is 15.6 Å². The average molecular weight is 1270 g/mol. The fraction of sp³-hybridized carbons (Fsp3) is 0.940. The van der Waals surface area contributed by atoms with Crippen LogP contribution in [0, 0.1) is 5.92 Å². The van der Waals surface area contributed by atoms with Gasteiger partial charge in [0.25, 0.3) is 0 Å². The Bertz CT molecular complexity index is 1670. The molecule has 0 aliphatic carbocycles. The zero-order chi connectivity index (χ0) is 63.5. The highest BCUT2D eigenvalue weighted by atomic mass is 31.2. The van der Waals surface area contributed by atoms with Crippen molar-refractivity contribution in [3.05, 3.63) is 0 Å². The lowest BCUT2D eigenvalue weighted by atomic mass is 10.0. The van der Waals surface area contributed by atoms with Crippen molar-refractivity contribution < 1.29 is 80.2 Å². The maximum Gasteiger partial charge on any atom is 0.472 e. The summed E-state index contributed by atoms with van der Waals surface area (Å²) in [6, 6.07) is 0. The fourth-order valence-corrected chi connectivity index (χ4v) is 11.7. The average Bonchev–Trinajstić information content (AvgIpc) is 3.57. The molecule has 0 amide bonds. The minimum Gasteiger partial charge on any atom is -0.462 e. The van der Waals surface area contributed by atoms with E-state index in [9.17, 15) is 43.2 Å². The Balaban J connectivity index is 5.21. The van der Waals surface area contributed by atoms with Crippen LogP contribution in [0.3, 0.4) is 0 Å². The molecule has 0 saturated heterocycles. The highest BCUT2D eigenvalue weighted by Gasteiger charge is 2.30. The van der Waals surface area contributed by atoms with Crippen molar-refractivity contribution in [3.63, 3.8) is 0 Å². The monoisotopic (exact) mass is 1270 g/mol. The zero-order valence-corrected chi connectivity index (χ0v) is 57.2. The number of rotatable bonds is 67. The van der Waals surface area contributed by atoms with Crippen molar-refractivity contribution in [2.75, 3.05) is 39.6 Å². The zero-order valence-electron chi connectivity index (χ0n) is 55.4. The number of ether oxygens (including phenoxy) is 4. The summed E-state index contributed by atoms with van der Waals surface area (Å²) in [5.41, 5.74) is 0. The predicted octanol–water partition coefficient (Wildman–Crippen LogP) is 19.0. The fourth-order valence-electron chi connectivity index (χ4n) is 10.1. The number of hydrogen-bond acceptors (Lipinski definition) is 15. The summed E-state index contributed by atoms with van der Waals surface area (Å²) in [7, 11) is -9.89. The highest BCUT2D eigenvalue weighted by Crippen LogP contribution is 2.45. The summed E-state index contributed by atoms with van der Waals surface area (Å²) in [6.45, 7) is 7.11. The number of unbranched alkanes of at least 4 members (excludes halogenated alkanes) is 39. The molecule has 0 aliphatic heterocycles. The van der Waals surface area contributed by atoms with Crippen LogP contribution in [-0.2, 0) is 65.4 Å². The van der Waals surface area contributed by atoms with Crippen molar-refractivity contribution >= 4 is 39.5 Å². The second-order valence-electron chi connectivity index (χ2n) is 24.7. The van der Waals surface area contributed by atoms with Crippen molar-refractivity contribution in [1.82, 2.24) is 0 Å². The Morgan fingerprint density at radius 1 is 0.314 bits per heavy atom. The molecule has 0 aromatic rings. The highest BCUT2D eigenvalue weighted by molar-refractivity contribution is 7.47. The van der Waals surface area contributed by atoms with Gasteiger partial charge in [-0.1, -0.05) is 291 Å². The summed E-state index contributed by atoms with van der Waals surface area (Å²) in [4.78, 5) is 72.3. The van der Waals surface area contributed by atoms with E-state index in [1.807, 2.05) is 0 Å². The first-order chi connectivity index (χ1) is 41.5. The summed E-state index contributed by atoms with van der Waals surface area (Å²) in [5, 5.41) is 10.5. The van der Waals surface area contributed by atoms with E-state index in [4.69, 9.17) is 37.0 Å². The normalized spacial score (nSPS) is 14.2. The van der Waals surface area contributed by atoms with Gasteiger partial charge in [-0.3, -0.25) is 37.3 Å². The smallest absolute Gasteiger partial charge is 0.462 e. The van der Waals surface area contributed by atoms with Gasteiger partial charge in [0, 0.05) is 25.7 Å². The largest absolute Gasteiger partial charge is 0.472 e. The van der Waals surface area contributed by atoms with Gasteiger partial charge in [-0.15, -0.1) is 0 Å². The molecule has 0 heterocycles. The van der Waals surface area contributed by atoms with Gasteiger partial charge in [-0.2, -0.15) is 0 Å². The lowest BCUT2D eigenvalue weighted by Crippen LogP contribution is -2.30. The standard InChI is InChI=1S/C67H130O17P2/c1-6-9-12-15-18-21-23-25-27-29-31-33-36-42-47-52-66(71)83-62(56-78-65(70)51-46-41-35-32-30-28-26-24-22-19-16-13-10-7-2)58-81-85(73,74)79-54-61(68)55-80-86(75,76)82-59-63(57-77-64(69)50-45-40-34-20-17-14-11-8-3)84-67(72)53-48-43-38-37-39-44-49-60(4)5/h60-63,68H,6-59H2,1-5H3,(H,73,74)(H,75,76)/t61-,62-,63-/m1/s1. The maximum absolute atomic E-state index is 13.0. The number of phosphoric acid groups is 2. The number of hydrogen-bond donors (Lipinski definition) is 3. The summed E-state index contributed by atoms with van der Waals surface area (Å²) in [6.07, 6.45) is 46.0. The summed E-state index contributed by atoms with van der Waals surface area (Å²) < 4.78 is 68.1. The molecule has 17 nitrogen and oxygen atoms in total. The molecule has 0 rings (SSSR count). The molecule has 0 fully saturated rings. The molecule has 0 spiro atoms. The van der Waals surface area contributed by atoms with Gasteiger partial charge < -0.3 is 33.8 Å². The first-order valence-electron chi connectivity index (χ1n) is 35.1. The van der Waals surface area contributed by atoms with Crippen LogP contribution < -0.4 is 0 Å². The minimum atomic E-state index is -4.95. The quantitative estimate of drug-likeness (QED) is 0.0222. The van der Waals surface area contributed by atoms with E-state index in [0.29, 0.717) is 31.6 Å². The third-order valence-electron chi connectivity index (χ3n) is 15.5. The number of aliphatic hydroxyl groups excluding tert-OH is 1. The molecular weight excluding hydrogens is 1140 g/mol. The van der Waals surface area contributed by atoms with E-state index in [-0.39, 0.29) is 25.7 Å². The Morgan fingerprint density at radius 3 is 0.791 bits per heavy atom. The Kier molecular flexibility index (Phi) is 59.2. The molecule has 0 bridgehead atoms. The molecule has 0 aromatic heterocycles. The van der Waals surface area contributed by atoms with Crippen LogP contribution in [-0.4, -0.2) is 96.7 Å². The van der Waals surface area contributed by atoms with Crippen LogP contribution in [0.25, 0.3) is 0 Å². The summed E-state index contributed by atoms with van der Waals surface area (Å²) >= 11 is 0. The van der Waals surface area contributed by atoms with Crippen molar-refractivity contribution in [3.8, 4) is 0 Å². The van der Waals surface area contributed by atoms with E-state index in [1.165, 1.54) is 161 Å². The second-order valence-corrected chi connectivity index (χ2v) is 27.6. The molecule has 0 aromatic carbocycles. The van der Waals surface area contributed by atoms with Gasteiger partial charge in [-0.25, -0.2) is 9.13 Å². The van der Waals surface area contributed by atoms with Gasteiger partial charge in [0.05, 0.1) is 26.4 Å². The van der Waals surface area contributed by atoms with Crippen LogP contribution in [0.1, 0.15) is 343 Å². The molecule has 86 heavy (non-hydrogen) atoms. The predicted molar refractivity (Wildman–Crippen MR) is 345 cm³/mol. The summed E-state index contributed by atoms with van der Waals surface area (Å²) in [5.74, 6) is -1.46. The van der Waals surface area contributed by atoms with Gasteiger partial charge in [0.2, 0.25) is 0 Å². The van der Waals surface area contributed by atoms with Crippen LogP contribution in [0.2, 0.25) is 0 Å². The molecule has 3 N–H and O–H groups in total. The first kappa shape index (κ1) is 84.1. The number of phosphoric ester groups is 2. The number of aliphatic hydroxyl groups is 1. The molecule has 0 saturated carbocycles. The molecule has 0 aliphatic rings. The molecule has 510 valence electrons. The van der Waals surface area contributed by atoms with Gasteiger partial charge in [0.1, 0.15) is 19.3 Å². The van der Waals surface area contributed by atoms with E-state index in [2.05, 4.69) is 34.6 Å². The van der Waals surface area contributed by atoms with E-state index in [0.717, 1.165) is 96.3 Å². The van der Waals surface area contributed by atoms with Crippen molar-refractivity contribution in [1.29, 1.82) is 0 Å². The lowest BCUT2D eigenvalue weighted by Gasteiger charge is -2.21. The van der Waals surface area contributed by atoms with Crippen LogP contribution in [0.5, 0.6) is 0 Å². The van der Waals surface area contributed by atoms with E-state index in [1.54, 1.807) is 0 Å². The molecule has 5 atom stereocenters. The third kappa shape index (κ3) is 60.9. The Hall–Kier alpha value is -1.94. The first-order valence-corrected chi connectivity index (χ1v) is 38.1. The van der Waals surface area contributed by atoms with Gasteiger partial charge in [0.15, 0.2) is 12.2 Å². The Labute approximate surface area is 524 Å². The molecule has 2 unspecified atom stereocenters. The third-order valence-corrected chi connectivity index (χ3v) is 17.4. The maximum atomic E-state index is 13.0. The van der Waals surface area contributed by atoms with E-state index >= 15 is 0 Å². The van der Waals surface area contributed by atoms with Crippen molar-refractivity contribution in [2.45, 2.75) is 361 Å². The van der Waals surface area contributed by atoms with Crippen molar-refractivity contribution in [2.24, 2.45) is 5.92 Å². The molecule has 19 heteroatoms. The number of carbonyl (C=O) groups is 4. The second kappa shape index (κ2) is 60.6. The Morgan fingerprint density at radius 2 is 0.535 bits per heavy atom. The van der Waals surface area contributed by atoms with Gasteiger partial charge >= 0.3 is 39.5 Å². The SMILES string of the molecule is CCCCCCCCCCCCCCCCCC(=O)O[C@H](COC(=O)CCCCCCCCCCCCCCCC)COP(=O)(O)OC[C@@H](O)COP(=O)(O)OC[C@@H](COC(=O)CCCCCCCCCC)OC(=O)CCCCCCCCC(C)C. The van der Waals surface area contributed by atoms with Crippen LogP contribution in [0.4, 0.5) is 0 Å². The lowest BCUT2D eigenvalue weighted by molar-refractivity contribution is -0.161. The van der Waals surface area contributed by atoms with Gasteiger partial charge in [-0.05, 0) is 31.6 Å². The molecule has 0 radical (unpaired) electrons. The van der Waals surface area contributed by atoms with Crippen LogP contribution in [0.15, 0.2) is 0 Å². The minimum absolute atomic E-state index is 0.102.